The molecule has 1 heterocycles. The molecule has 1 aliphatic heterocycles. The molecule has 0 saturated heterocycles. The Morgan fingerprint density at radius 2 is 1.86 bits per heavy atom. The molecule has 0 spiro atoms. The second-order valence-electron chi connectivity index (χ2n) is 4.72. The number of hydrazone groups is 1. The van der Waals surface area contributed by atoms with Crippen molar-refractivity contribution < 1.29 is 9.53 Å². The number of hydrogen-bond donors (Lipinski definition) is 0. The maximum absolute atomic E-state index is 12.8. The first-order chi connectivity index (χ1) is 10.7. The van der Waals surface area contributed by atoms with E-state index >= 15 is 0 Å². The van der Waals surface area contributed by atoms with Crippen LogP contribution in [0.2, 0.25) is 5.02 Å². The van der Waals surface area contributed by atoms with Gasteiger partial charge in [-0.05, 0) is 30.3 Å². The topological polar surface area (TPSA) is 45.1 Å². The Labute approximate surface area is 133 Å². The van der Waals surface area contributed by atoms with Gasteiger partial charge in [-0.2, -0.15) is 10.1 Å². The highest BCUT2D eigenvalue weighted by Crippen LogP contribution is 2.27. The Hall–Kier alpha value is -2.37. The average molecular weight is 316 g/mol. The van der Waals surface area contributed by atoms with Crippen LogP contribution in [0.1, 0.15) is 5.56 Å². The highest BCUT2D eigenvalue weighted by atomic mass is 35.5. The minimum atomic E-state index is -0.287. The molecule has 3 rings (SSSR count). The molecule has 22 heavy (non-hydrogen) atoms. The minimum Gasteiger partial charge on any atom is -0.364 e. The summed E-state index contributed by atoms with van der Waals surface area (Å²) >= 11 is 5.90. The number of urea groups is 1. The van der Waals surface area contributed by atoms with Crippen molar-refractivity contribution in [2.75, 3.05) is 23.7 Å². The van der Waals surface area contributed by atoms with Crippen LogP contribution in [-0.2, 0) is 4.74 Å². The van der Waals surface area contributed by atoms with Gasteiger partial charge in [0, 0.05) is 17.7 Å². The molecular formula is C16H14ClN3O2. The summed E-state index contributed by atoms with van der Waals surface area (Å²) in [5.74, 6) is 0. The van der Waals surface area contributed by atoms with Crippen molar-refractivity contribution in [3.8, 4) is 0 Å². The Bertz CT molecular complexity index is 716. The molecule has 0 radical (unpaired) electrons. The quantitative estimate of drug-likeness (QED) is 0.866. The summed E-state index contributed by atoms with van der Waals surface area (Å²) in [4.78, 5) is 14.3. The van der Waals surface area contributed by atoms with Gasteiger partial charge in [0.25, 0.3) is 0 Å². The molecule has 0 bridgehead atoms. The second kappa shape index (κ2) is 6.17. The first kappa shape index (κ1) is 14.6. The van der Waals surface area contributed by atoms with E-state index in [0.29, 0.717) is 10.7 Å². The summed E-state index contributed by atoms with van der Waals surface area (Å²) in [6.07, 6.45) is 1.66. The number of halogens is 1. The number of anilines is 2. The van der Waals surface area contributed by atoms with Gasteiger partial charge in [-0.25, -0.2) is 4.79 Å². The molecule has 5 nitrogen and oxygen atoms in total. The van der Waals surface area contributed by atoms with Gasteiger partial charge in [0.1, 0.15) is 6.73 Å². The standard InChI is InChI=1S/C16H14ClN3O2/c1-22-11-19-15-5-3-2-4-12(15)10-18-20(16(19)21)14-8-6-13(17)7-9-14/h2-10H,11H2,1H3. The number of fused-ring (bicyclic) bond motifs is 1. The SMILES string of the molecule is COCN1C(=O)N(c2ccc(Cl)cc2)N=Cc2ccccc21. The van der Waals surface area contributed by atoms with E-state index in [1.165, 1.54) is 9.91 Å². The van der Waals surface area contributed by atoms with Gasteiger partial charge in [-0.3, -0.25) is 4.90 Å². The van der Waals surface area contributed by atoms with Gasteiger partial charge in [-0.15, -0.1) is 0 Å². The first-order valence-electron chi connectivity index (χ1n) is 6.70. The Morgan fingerprint density at radius 3 is 2.59 bits per heavy atom. The number of amides is 2. The van der Waals surface area contributed by atoms with E-state index in [4.69, 9.17) is 16.3 Å². The van der Waals surface area contributed by atoms with Gasteiger partial charge >= 0.3 is 6.03 Å². The number of ether oxygens (including phenoxy) is 1. The van der Waals surface area contributed by atoms with E-state index in [2.05, 4.69) is 5.10 Å². The van der Waals surface area contributed by atoms with E-state index in [1.807, 2.05) is 24.3 Å². The van der Waals surface area contributed by atoms with Crippen molar-refractivity contribution in [1.29, 1.82) is 0 Å². The maximum Gasteiger partial charge on any atom is 0.351 e. The number of para-hydroxylation sites is 1. The molecule has 2 amide bonds. The summed E-state index contributed by atoms with van der Waals surface area (Å²) in [7, 11) is 1.55. The van der Waals surface area contributed by atoms with Crippen LogP contribution >= 0.6 is 11.6 Å². The van der Waals surface area contributed by atoms with Crippen LogP contribution in [0, 0.1) is 0 Å². The number of hydrogen-bond acceptors (Lipinski definition) is 3. The fraction of sp³-hybridized carbons (Fsp3) is 0.125. The highest BCUT2D eigenvalue weighted by molar-refractivity contribution is 6.30. The number of carbonyl (C=O) groups excluding carboxylic acids is 1. The number of nitrogens with zero attached hydrogens (tertiary/aromatic N) is 3. The smallest absolute Gasteiger partial charge is 0.351 e. The molecular weight excluding hydrogens is 302 g/mol. The Balaban J connectivity index is 2.04. The van der Waals surface area contributed by atoms with Crippen LogP contribution in [0.5, 0.6) is 0 Å². The predicted molar refractivity (Wildman–Crippen MR) is 87.7 cm³/mol. The molecule has 0 unspecified atom stereocenters. The largest absolute Gasteiger partial charge is 0.364 e. The number of methoxy groups -OCH3 is 1. The van der Waals surface area contributed by atoms with Crippen LogP contribution in [0.15, 0.2) is 53.6 Å². The Kier molecular flexibility index (Phi) is 4.09. The van der Waals surface area contributed by atoms with Gasteiger partial charge in [-0.1, -0.05) is 29.8 Å². The molecule has 1 aliphatic rings. The van der Waals surface area contributed by atoms with Crippen molar-refractivity contribution in [2.45, 2.75) is 0 Å². The predicted octanol–water partition coefficient (Wildman–Crippen LogP) is 3.72. The lowest BCUT2D eigenvalue weighted by Crippen LogP contribution is -2.41. The zero-order chi connectivity index (χ0) is 15.5. The normalized spacial score (nSPS) is 14.0. The van der Waals surface area contributed by atoms with Crippen LogP contribution in [0.25, 0.3) is 0 Å². The first-order valence-corrected chi connectivity index (χ1v) is 7.07. The van der Waals surface area contributed by atoms with Crippen LogP contribution in [0.4, 0.5) is 16.2 Å². The van der Waals surface area contributed by atoms with Crippen LogP contribution in [-0.4, -0.2) is 26.1 Å². The molecule has 0 saturated carbocycles. The van der Waals surface area contributed by atoms with Crippen molar-refractivity contribution in [3.05, 3.63) is 59.1 Å². The van der Waals surface area contributed by atoms with Crippen molar-refractivity contribution in [2.24, 2.45) is 5.10 Å². The lowest BCUT2D eigenvalue weighted by Gasteiger charge is -2.25. The minimum absolute atomic E-state index is 0.142. The van der Waals surface area contributed by atoms with Gasteiger partial charge < -0.3 is 4.74 Å². The van der Waals surface area contributed by atoms with Crippen LogP contribution in [0.3, 0.4) is 0 Å². The molecule has 112 valence electrons. The summed E-state index contributed by atoms with van der Waals surface area (Å²) in [6, 6.07) is 14.2. The number of benzene rings is 2. The lowest BCUT2D eigenvalue weighted by atomic mass is 10.2. The van der Waals surface area contributed by atoms with E-state index < -0.39 is 0 Å². The monoisotopic (exact) mass is 315 g/mol. The number of rotatable bonds is 3. The van der Waals surface area contributed by atoms with E-state index in [9.17, 15) is 4.79 Å². The van der Waals surface area contributed by atoms with E-state index in [-0.39, 0.29) is 12.8 Å². The average Bonchev–Trinajstić information content (AvgIpc) is 2.67. The van der Waals surface area contributed by atoms with Gasteiger partial charge in [0.2, 0.25) is 0 Å². The van der Waals surface area contributed by atoms with Gasteiger partial charge in [0.15, 0.2) is 0 Å². The van der Waals surface area contributed by atoms with E-state index in [1.54, 1.807) is 37.6 Å². The molecule has 2 aromatic carbocycles. The van der Waals surface area contributed by atoms with Crippen molar-refractivity contribution in [1.82, 2.24) is 0 Å². The summed E-state index contributed by atoms with van der Waals surface area (Å²) in [5.41, 5.74) is 2.25. The van der Waals surface area contributed by atoms with Crippen LogP contribution < -0.4 is 9.91 Å². The third kappa shape index (κ3) is 2.68. The summed E-state index contributed by atoms with van der Waals surface area (Å²) < 4.78 is 5.17. The molecule has 2 aromatic rings. The van der Waals surface area contributed by atoms with Crippen molar-refractivity contribution >= 4 is 35.2 Å². The second-order valence-corrected chi connectivity index (χ2v) is 5.16. The highest BCUT2D eigenvalue weighted by Gasteiger charge is 2.27. The number of carbonyl (C=O) groups is 1. The van der Waals surface area contributed by atoms with E-state index in [0.717, 1.165) is 11.3 Å². The molecule has 0 aromatic heterocycles. The zero-order valence-electron chi connectivity index (χ0n) is 11.9. The summed E-state index contributed by atoms with van der Waals surface area (Å²) in [5, 5.41) is 6.23. The fourth-order valence-corrected chi connectivity index (χ4v) is 2.37. The molecule has 0 N–H and O–H groups in total. The molecule has 6 heteroatoms. The Morgan fingerprint density at radius 1 is 1.14 bits per heavy atom. The zero-order valence-corrected chi connectivity index (χ0v) is 12.7. The molecule has 0 aliphatic carbocycles. The lowest BCUT2D eigenvalue weighted by molar-refractivity contribution is 0.193. The third-order valence-electron chi connectivity index (χ3n) is 3.28. The third-order valence-corrected chi connectivity index (χ3v) is 3.53. The molecule has 0 atom stereocenters. The molecule has 0 fully saturated rings. The van der Waals surface area contributed by atoms with Crippen molar-refractivity contribution in [3.63, 3.8) is 0 Å². The fourth-order valence-electron chi connectivity index (χ4n) is 2.24. The van der Waals surface area contributed by atoms with Gasteiger partial charge in [0.05, 0.1) is 17.6 Å². The maximum atomic E-state index is 12.8. The summed E-state index contributed by atoms with van der Waals surface area (Å²) in [6.45, 7) is 0.142.